The monoisotopic (exact) mass is 716 g/mol. The van der Waals surface area contributed by atoms with Crippen LogP contribution in [0.15, 0.2) is 88.7 Å². The van der Waals surface area contributed by atoms with Crippen LogP contribution in [0.2, 0.25) is 0 Å². The van der Waals surface area contributed by atoms with Crippen LogP contribution in [0.1, 0.15) is 93.4 Å². The molecule has 2 atom stereocenters. The van der Waals surface area contributed by atoms with Crippen LogP contribution < -0.4 is 16.6 Å². The smallest absolute Gasteiger partial charge is 0.309 e. The molecule has 2 aliphatic rings. The molecule has 5 aromatic rings. The second kappa shape index (κ2) is 16.1. The Morgan fingerprint density at radius 2 is 1.60 bits per heavy atom. The molecule has 53 heavy (non-hydrogen) atoms. The second-order valence-corrected chi connectivity index (χ2v) is 15.2. The normalized spacial score (nSPS) is 20.8. The first-order chi connectivity index (χ1) is 25.7. The lowest BCUT2D eigenvalue weighted by molar-refractivity contribution is 0.0938. The zero-order valence-corrected chi connectivity index (χ0v) is 30.9. The number of carbonyl (C=O) groups is 1. The number of rotatable bonds is 11. The van der Waals surface area contributed by atoms with Crippen LogP contribution in [0.25, 0.3) is 27.8 Å². The second-order valence-electron chi connectivity index (χ2n) is 15.2. The molecule has 1 aliphatic heterocycles. The molecule has 1 saturated carbocycles. The summed E-state index contributed by atoms with van der Waals surface area (Å²) in [4.78, 5) is 52.5. The minimum absolute atomic E-state index is 0.0145. The Balaban J connectivity index is 1.11. The van der Waals surface area contributed by atoms with Crippen molar-refractivity contribution in [3.8, 4) is 16.8 Å². The van der Waals surface area contributed by atoms with Gasteiger partial charge in [0, 0.05) is 50.4 Å². The van der Waals surface area contributed by atoms with Gasteiger partial charge in [0.1, 0.15) is 11.5 Å². The van der Waals surface area contributed by atoms with E-state index in [0.717, 1.165) is 61.8 Å². The van der Waals surface area contributed by atoms with Gasteiger partial charge in [-0.2, -0.15) is 0 Å². The molecule has 10 heteroatoms. The van der Waals surface area contributed by atoms with E-state index in [1.807, 2.05) is 36.4 Å². The largest absolute Gasteiger partial charge is 0.337 e. The van der Waals surface area contributed by atoms with Gasteiger partial charge < -0.3 is 5.32 Å². The summed E-state index contributed by atoms with van der Waals surface area (Å²) in [6, 6.07) is 21.6. The highest BCUT2D eigenvalue weighted by atomic mass is 19.1. The number of benzene rings is 2. The molecule has 1 saturated heterocycles. The van der Waals surface area contributed by atoms with Crippen LogP contribution in [0.3, 0.4) is 0 Å². The first-order valence-corrected chi connectivity index (χ1v) is 19.2. The number of unbranched alkanes of at least 4 members (excludes halogenated alkanes) is 1. The van der Waals surface area contributed by atoms with E-state index in [4.69, 9.17) is 0 Å². The molecule has 4 heterocycles. The van der Waals surface area contributed by atoms with E-state index in [1.165, 1.54) is 20.8 Å². The lowest BCUT2D eigenvalue weighted by Crippen LogP contribution is -2.53. The van der Waals surface area contributed by atoms with E-state index in [2.05, 4.69) is 65.2 Å². The molecule has 2 fully saturated rings. The number of hydrogen-bond acceptors (Lipinski definition) is 7. The molecule has 1 aliphatic carbocycles. The van der Waals surface area contributed by atoms with Crippen molar-refractivity contribution in [2.45, 2.75) is 96.8 Å². The Morgan fingerprint density at radius 3 is 2.30 bits per heavy atom. The highest BCUT2D eigenvalue weighted by Gasteiger charge is 2.29. The van der Waals surface area contributed by atoms with E-state index in [-0.39, 0.29) is 28.8 Å². The van der Waals surface area contributed by atoms with Crippen LogP contribution in [0.5, 0.6) is 0 Å². The maximum Gasteiger partial charge on any atom is 0.337 e. The number of aromatic nitrogens is 4. The number of aryl methyl sites for hydroxylation is 1. The highest BCUT2D eigenvalue weighted by molar-refractivity contribution is 5.94. The average molecular weight is 717 g/mol. The third-order valence-corrected chi connectivity index (χ3v) is 10.9. The zero-order chi connectivity index (χ0) is 37.1. The Hall–Kier alpha value is -4.80. The Morgan fingerprint density at radius 1 is 0.868 bits per heavy atom. The number of ketones is 1. The summed E-state index contributed by atoms with van der Waals surface area (Å²) in [5, 5.41) is 3.64. The number of carbonyl (C=O) groups excluding carboxylic acids is 1. The number of fused-ring (bicyclic) bond motifs is 1. The van der Waals surface area contributed by atoms with Crippen molar-refractivity contribution < 1.29 is 9.18 Å². The minimum Gasteiger partial charge on any atom is -0.309 e. The van der Waals surface area contributed by atoms with Crippen molar-refractivity contribution in [1.82, 2.24) is 29.3 Å². The van der Waals surface area contributed by atoms with E-state index in [9.17, 15) is 18.8 Å². The summed E-state index contributed by atoms with van der Waals surface area (Å²) in [5.74, 6) is -0.496. The number of hydrogen-bond donors (Lipinski definition) is 1. The van der Waals surface area contributed by atoms with E-state index >= 15 is 0 Å². The standard InChI is InChI=1S/C43H49FN6O3/c1-4-5-7-31-14-19-39(45-23-31)40(51)20-30-12-17-36(18-13-30)50-42(52)38-22-35(44)24-46-41(38)49(43(50)53)37-9-6-8-34(21-37)33-15-10-32(11-16-33)27-48-25-28(2)47-29(3)26-48/h6,8-11,14-16,19,21-24,28-30,36,47H,4-5,7,12-13,17-18,20,25-27H2,1-3H3/t28-,29+,30?,36?. The molecular weight excluding hydrogens is 668 g/mol. The molecule has 2 aromatic carbocycles. The highest BCUT2D eigenvalue weighted by Crippen LogP contribution is 2.34. The number of halogens is 1. The van der Waals surface area contributed by atoms with E-state index in [1.54, 1.807) is 6.20 Å². The summed E-state index contributed by atoms with van der Waals surface area (Å²) < 4.78 is 17.3. The first-order valence-electron chi connectivity index (χ1n) is 19.2. The van der Waals surface area contributed by atoms with Gasteiger partial charge in [-0.25, -0.2) is 18.7 Å². The maximum atomic E-state index is 14.6. The molecule has 0 spiro atoms. The fourth-order valence-electron chi connectivity index (χ4n) is 8.28. The number of Topliss-reactive ketones (excluding diaryl/α,β-unsaturated/α-hetero) is 1. The van der Waals surface area contributed by atoms with E-state index in [0.29, 0.717) is 55.6 Å². The van der Waals surface area contributed by atoms with E-state index < -0.39 is 17.1 Å². The van der Waals surface area contributed by atoms with Crippen molar-refractivity contribution in [3.63, 3.8) is 0 Å². The Kier molecular flexibility index (Phi) is 11.1. The molecule has 0 radical (unpaired) electrons. The fourth-order valence-corrected chi connectivity index (χ4v) is 8.28. The lowest BCUT2D eigenvalue weighted by Gasteiger charge is -2.36. The van der Waals surface area contributed by atoms with Crippen LogP contribution in [-0.2, 0) is 13.0 Å². The van der Waals surface area contributed by atoms with Gasteiger partial charge in [0.25, 0.3) is 5.56 Å². The van der Waals surface area contributed by atoms with Crippen LogP contribution in [0.4, 0.5) is 4.39 Å². The molecule has 7 rings (SSSR count). The minimum atomic E-state index is -0.640. The van der Waals surface area contributed by atoms with Crippen molar-refractivity contribution in [3.05, 3.63) is 123 Å². The predicted octanol–water partition coefficient (Wildman–Crippen LogP) is 7.28. The number of nitrogens with zero attached hydrogens (tertiary/aromatic N) is 5. The molecular formula is C43H49FN6O3. The maximum absolute atomic E-state index is 14.6. The van der Waals surface area contributed by atoms with Gasteiger partial charge in [-0.05, 0) is 105 Å². The van der Waals surface area contributed by atoms with Gasteiger partial charge in [-0.3, -0.25) is 24.0 Å². The third kappa shape index (κ3) is 8.24. The molecule has 9 nitrogen and oxygen atoms in total. The number of nitrogens with one attached hydrogen (secondary N) is 1. The Labute approximate surface area is 309 Å². The number of pyridine rings is 2. The van der Waals surface area contributed by atoms with Gasteiger partial charge in [0.05, 0.1) is 17.3 Å². The average Bonchev–Trinajstić information content (AvgIpc) is 3.15. The fraction of sp³-hybridized carbons (Fsp3) is 0.419. The quantitative estimate of drug-likeness (QED) is 0.144. The lowest BCUT2D eigenvalue weighted by atomic mass is 9.82. The molecule has 0 amide bonds. The van der Waals surface area contributed by atoms with Crippen molar-refractivity contribution in [2.24, 2.45) is 5.92 Å². The SMILES string of the molecule is CCCCc1ccc(C(=O)CC2CCC(n3c(=O)c4cc(F)cnc4n(-c4cccc(-c5ccc(CN6C[C@@H](C)N[C@@H](C)C6)cc5)c4)c3=O)CC2)nc1. The molecule has 0 unspecified atom stereocenters. The summed E-state index contributed by atoms with van der Waals surface area (Å²) in [7, 11) is 0. The molecule has 0 bridgehead atoms. The van der Waals surface area contributed by atoms with Crippen LogP contribution >= 0.6 is 0 Å². The summed E-state index contributed by atoms with van der Waals surface area (Å²) in [5.41, 5.74) is 4.39. The van der Waals surface area contributed by atoms with Crippen LogP contribution in [0, 0.1) is 11.7 Å². The van der Waals surface area contributed by atoms with Gasteiger partial charge >= 0.3 is 5.69 Å². The van der Waals surface area contributed by atoms with Gasteiger partial charge in [0.2, 0.25) is 0 Å². The zero-order valence-electron chi connectivity index (χ0n) is 30.9. The van der Waals surface area contributed by atoms with Gasteiger partial charge in [-0.1, -0.05) is 55.8 Å². The molecule has 1 N–H and O–H groups in total. The molecule has 3 aromatic heterocycles. The Bertz CT molecular complexity index is 2180. The summed E-state index contributed by atoms with van der Waals surface area (Å²) >= 11 is 0. The molecule has 276 valence electrons. The summed E-state index contributed by atoms with van der Waals surface area (Å²) in [6.45, 7) is 9.47. The number of piperazine rings is 1. The predicted molar refractivity (Wildman–Crippen MR) is 207 cm³/mol. The van der Waals surface area contributed by atoms with Crippen molar-refractivity contribution in [1.29, 1.82) is 0 Å². The van der Waals surface area contributed by atoms with Gasteiger partial charge in [0.15, 0.2) is 11.4 Å². The first kappa shape index (κ1) is 36.6. The van der Waals surface area contributed by atoms with Crippen LogP contribution in [-0.4, -0.2) is 55.0 Å². The summed E-state index contributed by atoms with van der Waals surface area (Å²) in [6.07, 6.45) is 8.87. The van der Waals surface area contributed by atoms with Crippen molar-refractivity contribution in [2.75, 3.05) is 13.1 Å². The third-order valence-electron chi connectivity index (χ3n) is 10.9. The van der Waals surface area contributed by atoms with Crippen molar-refractivity contribution >= 4 is 16.8 Å². The van der Waals surface area contributed by atoms with Gasteiger partial charge in [-0.15, -0.1) is 0 Å². The topological polar surface area (TPSA) is 102 Å².